The molecule has 5 heterocycles. The molecule has 0 aliphatic rings. The minimum Gasteiger partial charge on any atom is -0.491 e. The lowest BCUT2D eigenvalue weighted by molar-refractivity contribution is 0.261. The Morgan fingerprint density at radius 1 is 0.892 bits per heavy atom. The largest absolute Gasteiger partial charge is 0.491 e. The van der Waals surface area contributed by atoms with Crippen LogP contribution in [0, 0.1) is 5.82 Å². The van der Waals surface area contributed by atoms with Gasteiger partial charge in [-0.2, -0.15) is 5.10 Å². The zero-order chi connectivity index (χ0) is 25.4. The summed E-state index contributed by atoms with van der Waals surface area (Å²) >= 11 is 0. The summed E-state index contributed by atoms with van der Waals surface area (Å²) < 4.78 is 19.7. The minimum atomic E-state index is -0.288. The van der Waals surface area contributed by atoms with Crippen LogP contribution in [-0.4, -0.2) is 62.3 Å². The first kappa shape index (κ1) is 22.8. The maximum atomic E-state index is 13.9. The van der Waals surface area contributed by atoms with E-state index in [0.29, 0.717) is 18.0 Å². The number of hydrogen-bond acceptors (Lipinski definition) is 6. The van der Waals surface area contributed by atoms with Gasteiger partial charge in [-0.05, 0) is 50.0 Å². The maximum absolute atomic E-state index is 13.9. The van der Waals surface area contributed by atoms with Crippen molar-refractivity contribution in [3.8, 4) is 39.4 Å². The number of nitrogens with one attached hydrogen (secondary N) is 2. The van der Waals surface area contributed by atoms with Crippen molar-refractivity contribution in [3.63, 3.8) is 0 Å². The molecule has 37 heavy (non-hydrogen) atoms. The van der Waals surface area contributed by atoms with E-state index in [9.17, 15) is 4.39 Å². The van der Waals surface area contributed by atoms with Crippen LogP contribution < -0.4 is 4.74 Å². The van der Waals surface area contributed by atoms with Crippen molar-refractivity contribution in [3.05, 3.63) is 79.3 Å². The van der Waals surface area contributed by atoms with E-state index < -0.39 is 0 Å². The number of H-pyrrole nitrogens is 2. The summed E-state index contributed by atoms with van der Waals surface area (Å²) in [4.78, 5) is 18.8. The van der Waals surface area contributed by atoms with Crippen LogP contribution in [0.5, 0.6) is 5.75 Å². The van der Waals surface area contributed by atoms with Gasteiger partial charge >= 0.3 is 0 Å². The van der Waals surface area contributed by atoms with Gasteiger partial charge in [-0.25, -0.2) is 9.37 Å². The number of hydrogen-bond donors (Lipinski definition) is 2. The Balaban J connectivity index is 1.38. The average Bonchev–Trinajstić information content (AvgIpc) is 3.52. The van der Waals surface area contributed by atoms with Gasteiger partial charge in [0.05, 0.1) is 23.6 Å². The third-order valence-electron chi connectivity index (χ3n) is 6.21. The highest BCUT2D eigenvalue weighted by atomic mass is 19.1. The molecule has 0 unspecified atom stereocenters. The lowest BCUT2D eigenvalue weighted by Crippen LogP contribution is -2.19. The molecule has 6 aromatic rings. The normalized spacial score (nSPS) is 11.6. The Morgan fingerprint density at radius 3 is 2.62 bits per heavy atom. The fraction of sp³-hybridized carbons (Fsp3) is 0.143. The van der Waals surface area contributed by atoms with E-state index in [1.807, 2.05) is 38.4 Å². The zero-order valence-corrected chi connectivity index (χ0v) is 20.4. The van der Waals surface area contributed by atoms with E-state index in [-0.39, 0.29) is 5.82 Å². The standard InChI is InChI=1S/C28H24FN7O/c1-36(2)6-7-37-21-9-18(12-30-14-21)19-10-23-27(34-35-28(23)32-13-19)25-11-22-24(15-31-16-26(22)33-25)17-4-3-5-20(29)8-17/h3-5,8-16,33H,6-7H2,1-2H3,(H,32,34,35). The predicted octanol–water partition coefficient (Wildman–Crippen LogP) is 5.31. The Morgan fingerprint density at radius 2 is 1.76 bits per heavy atom. The highest BCUT2D eigenvalue weighted by Crippen LogP contribution is 2.34. The number of pyridine rings is 3. The van der Waals surface area contributed by atoms with Gasteiger partial charge in [-0.3, -0.25) is 15.1 Å². The molecule has 0 fully saturated rings. The Hall–Kier alpha value is -4.63. The van der Waals surface area contributed by atoms with Gasteiger partial charge in [0.25, 0.3) is 0 Å². The molecule has 184 valence electrons. The summed E-state index contributed by atoms with van der Waals surface area (Å²) in [5.41, 5.74) is 6.46. The quantitative estimate of drug-likeness (QED) is 0.313. The van der Waals surface area contributed by atoms with Gasteiger partial charge in [0.2, 0.25) is 0 Å². The third-order valence-corrected chi connectivity index (χ3v) is 6.21. The Labute approximate surface area is 212 Å². The van der Waals surface area contributed by atoms with Crippen molar-refractivity contribution >= 4 is 21.9 Å². The van der Waals surface area contributed by atoms with Crippen LogP contribution in [0.4, 0.5) is 4.39 Å². The first-order valence-corrected chi connectivity index (χ1v) is 11.9. The molecule has 0 bridgehead atoms. The Kier molecular flexibility index (Phi) is 5.82. The molecule has 2 N–H and O–H groups in total. The predicted molar refractivity (Wildman–Crippen MR) is 142 cm³/mol. The smallest absolute Gasteiger partial charge is 0.155 e. The van der Waals surface area contributed by atoms with Crippen molar-refractivity contribution in [2.45, 2.75) is 0 Å². The molecule has 9 heteroatoms. The van der Waals surface area contributed by atoms with Gasteiger partial charge in [0.1, 0.15) is 23.9 Å². The van der Waals surface area contributed by atoms with E-state index in [2.05, 4.69) is 35.0 Å². The number of halogens is 1. The topological polar surface area (TPSA) is 95.6 Å². The fourth-order valence-corrected chi connectivity index (χ4v) is 4.33. The number of nitrogens with zero attached hydrogens (tertiary/aromatic N) is 5. The first-order chi connectivity index (χ1) is 18.0. The molecule has 0 saturated heterocycles. The van der Waals surface area contributed by atoms with Crippen LogP contribution in [0.1, 0.15) is 0 Å². The fourth-order valence-electron chi connectivity index (χ4n) is 4.33. The molecule has 6 rings (SSSR count). The highest BCUT2D eigenvalue weighted by molar-refractivity contribution is 6.00. The molecule has 0 amide bonds. The average molecular weight is 494 g/mol. The van der Waals surface area contributed by atoms with Crippen molar-refractivity contribution < 1.29 is 9.13 Å². The van der Waals surface area contributed by atoms with Gasteiger partial charge in [-0.1, -0.05) is 12.1 Å². The number of aromatic amines is 2. The van der Waals surface area contributed by atoms with Crippen LogP contribution in [0.25, 0.3) is 55.6 Å². The number of benzene rings is 1. The van der Waals surface area contributed by atoms with Crippen molar-refractivity contribution in [1.82, 2.24) is 35.0 Å². The van der Waals surface area contributed by atoms with Crippen LogP contribution in [0.15, 0.2) is 73.4 Å². The van der Waals surface area contributed by atoms with Gasteiger partial charge in [0.15, 0.2) is 5.65 Å². The maximum Gasteiger partial charge on any atom is 0.155 e. The van der Waals surface area contributed by atoms with E-state index in [0.717, 1.165) is 56.5 Å². The second kappa shape index (κ2) is 9.44. The van der Waals surface area contributed by atoms with Crippen LogP contribution >= 0.6 is 0 Å². The number of likely N-dealkylation sites (N-methyl/N-ethyl adjacent to an activating group) is 1. The lowest BCUT2D eigenvalue weighted by Gasteiger charge is -2.11. The third kappa shape index (κ3) is 4.52. The minimum absolute atomic E-state index is 0.288. The van der Waals surface area contributed by atoms with Crippen LogP contribution in [0.3, 0.4) is 0 Å². The molecule has 8 nitrogen and oxygen atoms in total. The SMILES string of the molecule is CN(C)CCOc1cncc(-c2cnc3[nH]nc(-c4cc5c(-c6cccc(F)c6)cncc5[nH]4)c3c2)c1. The highest BCUT2D eigenvalue weighted by Gasteiger charge is 2.16. The second-order valence-corrected chi connectivity index (χ2v) is 9.10. The molecular formula is C28H24FN7O. The molecular weight excluding hydrogens is 469 g/mol. The summed E-state index contributed by atoms with van der Waals surface area (Å²) in [6.07, 6.45) is 8.80. The Bertz CT molecular complexity index is 1720. The molecule has 0 radical (unpaired) electrons. The summed E-state index contributed by atoms with van der Waals surface area (Å²) in [5.74, 6) is 0.420. The zero-order valence-electron chi connectivity index (χ0n) is 20.4. The van der Waals surface area contributed by atoms with Crippen LogP contribution in [-0.2, 0) is 0 Å². The first-order valence-electron chi connectivity index (χ1n) is 11.9. The van der Waals surface area contributed by atoms with Crippen molar-refractivity contribution in [2.24, 2.45) is 0 Å². The van der Waals surface area contributed by atoms with E-state index >= 15 is 0 Å². The lowest BCUT2D eigenvalue weighted by atomic mass is 10.0. The summed E-state index contributed by atoms with van der Waals surface area (Å²) in [5, 5.41) is 9.36. The van der Waals surface area contributed by atoms with E-state index in [4.69, 9.17) is 4.74 Å². The van der Waals surface area contributed by atoms with Crippen LogP contribution in [0.2, 0.25) is 0 Å². The molecule has 0 aliphatic carbocycles. The molecule has 0 saturated carbocycles. The van der Waals surface area contributed by atoms with Crippen molar-refractivity contribution in [1.29, 1.82) is 0 Å². The van der Waals surface area contributed by atoms with E-state index in [1.54, 1.807) is 37.1 Å². The van der Waals surface area contributed by atoms with Gasteiger partial charge in [-0.15, -0.1) is 0 Å². The summed E-state index contributed by atoms with van der Waals surface area (Å²) in [6, 6.07) is 12.5. The summed E-state index contributed by atoms with van der Waals surface area (Å²) in [6.45, 7) is 1.39. The second-order valence-electron chi connectivity index (χ2n) is 9.10. The molecule has 0 spiro atoms. The molecule has 5 aromatic heterocycles. The number of aromatic nitrogens is 6. The van der Waals surface area contributed by atoms with E-state index in [1.165, 1.54) is 12.1 Å². The number of fused-ring (bicyclic) bond motifs is 2. The molecule has 0 aliphatic heterocycles. The molecule has 1 aromatic carbocycles. The van der Waals surface area contributed by atoms with Gasteiger partial charge < -0.3 is 14.6 Å². The molecule has 0 atom stereocenters. The van der Waals surface area contributed by atoms with Crippen molar-refractivity contribution in [2.75, 3.05) is 27.2 Å². The number of rotatable bonds is 7. The summed E-state index contributed by atoms with van der Waals surface area (Å²) in [7, 11) is 4.01. The monoisotopic (exact) mass is 493 g/mol. The number of ether oxygens (including phenoxy) is 1. The van der Waals surface area contributed by atoms with Gasteiger partial charge in [0, 0.05) is 52.6 Å².